The Morgan fingerprint density at radius 3 is 2.50 bits per heavy atom. The van der Waals surface area contributed by atoms with E-state index in [1.807, 2.05) is 0 Å². The largest absolute Gasteiger partial charge is 0.497 e. The van der Waals surface area contributed by atoms with Crippen LogP contribution < -0.4 is 18.9 Å². The van der Waals surface area contributed by atoms with Gasteiger partial charge in [0.1, 0.15) is 19.0 Å². The van der Waals surface area contributed by atoms with Gasteiger partial charge in [-0.05, 0) is 36.4 Å². The molecule has 6 nitrogen and oxygen atoms in total. The second-order valence-corrected chi connectivity index (χ2v) is 6.29. The summed E-state index contributed by atoms with van der Waals surface area (Å²) in [6.07, 6.45) is 0. The highest BCUT2D eigenvalue weighted by Crippen LogP contribution is 2.38. The predicted molar refractivity (Wildman–Crippen MR) is 81.2 cm³/mol. The van der Waals surface area contributed by atoms with Crippen LogP contribution in [0.25, 0.3) is 0 Å². The van der Waals surface area contributed by atoms with E-state index in [1.165, 1.54) is 19.2 Å². The van der Waals surface area contributed by atoms with Crippen LogP contribution in [-0.4, -0.2) is 28.7 Å². The van der Waals surface area contributed by atoms with Crippen LogP contribution in [0.2, 0.25) is 0 Å². The van der Waals surface area contributed by atoms with Gasteiger partial charge in [0.15, 0.2) is 11.5 Å². The van der Waals surface area contributed by atoms with Crippen LogP contribution in [-0.2, 0) is 10.0 Å². The minimum absolute atomic E-state index is 0.141. The molecule has 0 saturated carbocycles. The van der Waals surface area contributed by atoms with Gasteiger partial charge in [-0.3, -0.25) is 4.72 Å². The van der Waals surface area contributed by atoms with Crippen LogP contribution in [0.4, 0.5) is 5.69 Å². The lowest BCUT2D eigenvalue weighted by Crippen LogP contribution is -2.19. The molecule has 2 aromatic carbocycles. The molecular formula is C15H15NO5S. The normalized spacial score (nSPS) is 13.5. The molecule has 0 aromatic heterocycles. The fourth-order valence-corrected chi connectivity index (χ4v) is 3.18. The predicted octanol–water partition coefficient (Wildman–Crippen LogP) is 2.27. The molecule has 0 radical (unpaired) electrons. The average Bonchev–Trinajstić information content (AvgIpc) is 2.55. The highest BCUT2D eigenvalue weighted by Gasteiger charge is 2.21. The summed E-state index contributed by atoms with van der Waals surface area (Å²) in [5, 5.41) is 0. The molecular weight excluding hydrogens is 306 g/mol. The Labute approximate surface area is 128 Å². The monoisotopic (exact) mass is 321 g/mol. The van der Waals surface area contributed by atoms with Crippen molar-refractivity contribution < 1.29 is 22.6 Å². The van der Waals surface area contributed by atoms with Gasteiger partial charge in [-0.25, -0.2) is 8.42 Å². The zero-order valence-electron chi connectivity index (χ0n) is 11.9. The summed E-state index contributed by atoms with van der Waals surface area (Å²) in [5.74, 6) is 1.53. The Morgan fingerprint density at radius 2 is 1.77 bits per heavy atom. The second kappa shape index (κ2) is 5.76. The first-order valence-corrected chi connectivity index (χ1v) is 8.14. The number of hydrogen-bond donors (Lipinski definition) is 1. The van der Waals surface area contributed by atoms with Crippen LogP contribution in [0.3, 0.4) is 0 Å². The van der Waals surface area contributed by atoms with E-state index in [2.05, 4.69) is 4.72 Å². The molecule has 0 amide bonds. The molecule has 0 fully saturated rings. The Bertz CT molecular complexity index is 771. The van der Waals surface area contributed by atoms with E-state index in [0.29, 0.717) is 36.1 Å². The number of anilines is 1. The quantitative estimate of drug-likeness (QED) is 0.935. The SMILES string of the molecule is COc1ccc(S(=O)(=O)Nc2cccc3c2OCCO3)cc1. The lowest BCUT2D eigenvalue weighted by Gasteiger charge is -2.21. The van der Waals surface area contributed by atoms with E-state index in [4.69, 9.17) is 14.2 Å². The van der Waals surface area contributed by atoms with Crippen LogP contribution in [0, 0.1) is 0 Å². The summed E-state index contributed by atoms with van der Waals surface area (Å²) >= 11 is 0. The average molecular weight is 321 g/mol. The third-order valence-corrected chi connectivity index (χ3v) is 4.56. The summed E-state index contributed by atoms with van der Waals surface area (Å²) in [7, 11) is -2.19. The van der Waals surface area contributed by atoms with Crippen molar-refractivity contribution >= 4 is 15.7 Å². The third kappa shape index (κ3) is 2.80. The van der Waals surface area contributed by atoms with Crippen LogP contribution in [0.15, 0.2) is 47.4 Å². The standard InChI is InChI=1S/C15H15NO5S/c1-19-11-5-7-12(8-6-11)22(17,18)16-13-3-2-4-14-15(13)21-10-9-20-14/h2-8,16H,9-10H2,1H3. The van der Waals surface area contributed by atoms with Crippen molar-refractivity contribution in [2.24, 2.45) is 0 Å². The Hall–Kier alpha value is -2.41. The van der Waals surface area contributed by atoms with Gasteiger partial charge in [0.25, 0.3) is 10.0 Å². The molecule has 0 unspecified atom stereocenters. The van der Waals surface area contributed by atoms with Crippen LogP contribution >= 0.6 is 0 Å². The highest BCUT2D eigenvalue weighted by molar-refractivity contribution is 7.92. The van der Waals surface area contributed by atoms with Gasteiger partial charge in [0.05, 0.1) is 17.7 Å². The number of ether oxygens (including phenoxy) is 3. The zero-order valence-corrected chi connectivity index (χ0v) is 12.7. The number of fused-ring (bicyclic) bond motifs is 1. The second-order valence-electron chi connectivity index (χ2n) is 4.61. The lowest BCUT2D eigenvalue weighted by atomic mass is 10.2. The number of sulfonamides is 1. The van der Waals surface area contributed by atoms with Crippen molar-refractivity contribution in [3.8, 4) is 17.2 Å². The van der Waals surface area contributed by atoms with Gasteiger partial charge >= 0.3 is 0 Å². The van der Waals surface area contributed by atoms with Gasteiger partial charge in [0, 0.05) is 0 Å². The van der Waals surface area contributed by atoms with Crippen LogP contribution in [0.1, 0.15) is 0 Å². The van der Waals surface area contributed by atoms with Gasteiger partial charge in [-0.1, -0.05) is 6.07 Å². The molecule has 0 aliphatic carbocycles. The molecule has 1 aliphatic heterocycles. The Balaban J connectivity index is 1.91. The number of benzene rings is 2. The van der Waals surface area contributed by atoms with E-state index in [-0.39, 0.29) is 4.90 Å². The molecule has 1 heterocycles. The Morgan fingerprint density at radius 1 is 1.05 bits per heavy atom. The summed E-state index contributed by atoms with van der Waals surface area (Å²) < 4.78 is 43.4. The molecule has 0 spiro atoms. The molecule has 7 heteroatoms. The van der Waals surface area contributed by atoms with Crippen molar-refractivity contribution in [1.82, 2.24) is 0 Å². The van der Waals surface area contributed by atoms with E-state index >= 15 is 0 Å². The van der Waals surface area contributed by atoms with Crippen molar-refractivity contribution in [2.45, 2.75) is 4.90 Å². The van der Waals surface area contributed by atoms with Crippen molar-refractivity contribution in [2.75, 3.05) is 25.0 Å². The maximum atomic E-state index is 12.4. The smallest absolute Gasteiger partial charge is 0.262 e. The topological polar surface area (TPSA) is 73.9 Å². The van der Waals surface area contributed by atoms with Gasteiger partial charge in [0.2, 0.25) is 0 Å². The minimum atomic E-state index is -3.71. The number of methoxy groups -OCH3 is 1. The number of nitrogens with one attached hydrogen (secondary N) is 1. The lowest BCUT2D eigenvalue weighted by molar-refractivity contribution is 0.172. The van der Waals surface area contributed by atoms with Crippen molar-refractivity contribution in [3.63, 3.8) is 0 Å². The van der Waals surface area contributed by atoms with Gasteiger partial charge in [-0.2, -0.15) is 0 Å². The number of para-hydroxylation sites is 1. The highest BCUT2D eigenvalue weighted by atomic mass is 32.2. The molecule has 22 heavy (non-hydrogen) atoms. The molecule has 1 aliphatic rings. The van der Waals surface area contributed by atoms with E-state index in [1.54, 1.807) is 30.3 Å². The maximum absolute atomic E-state index is 12.4. The van der Waals surface area contributed by atoms with Crippen molar-refractivity contribution in [3.05, 3.63) is 42.5 Å². The van der Waals surface area contributed by atoms with Crippen LogP contribution in [0.5, 0.6) is 17.2 Å². The molecule has 0 saturated heterocycles. The zero-order chi connectivity index (χ0) is 15.6. The fraction of sp³-hybridized carbons (Fsp3) is 0.200. The minimum Gasteiger partial charge on any atom is -0.497 e. The van der Waals surface area contributed by atoms with Gasteiger partial charge in [-0.15, -0.1) is 0 Å². The van der Waals surface area contributed by atoms with Crippen molar-refractivity contribution in [1.29, 1.82) is 0 Å². The Kier molecular flexibility index (Phi) is 3.81. The molecule has 1 N–H and O–H groups in total. The van der Waals surface area contributed by atoms with E-state index in [9.17, 15) is 8.42 Å². The molecule has 0 atom stereocenters. The molecule has 116 valence electrons. The van der Waals surface area contributed by atoms with E-state index < -0.39 is 10.0 Å². The summed E-state index contributed by atoms with van der Waals surface area (Å²) in [5.41, 5.74) is 0.355. The molecule has 0 bridgehead atoms. The fourth-order valence-electron chi connectivity index (χ4n) is 2.11. The first-order chi connectivity index (χ1) is 10.6. The third-order valence-electron chi connectivity index (χ3n) is 3.18. The molecule has 2 aromatic rings. The maximum Gasteiger partial charge on any atom is 0.262 e. The first-order valence-electron chi connectivity index (χ1n) is 6.65. The van der Waals surface area contributed by atoms with Gasteiger partial charge < -0.3 is 14.2 Å². The summed E-state index contributed by atoms with van der Waals surface area (Å²) in [6.45, 7) is 0.829. The number of rotatable bonds is 4. The first kappa shape index (κ1) is 14.5. The number of hydrogen-bond acceptors (Lipinski definition) is 5. The van der Waals surface area contributed by atoms with E-state index in [0.717, 1.165) is 0 Å². The summed E-state index contributed by atoms with van der Waals surface area (Å²) in [4.78, 5) is 0.141. The molecule has 3 rings (SSSR count). The summed E-state index contributed by atoms with van der Waals surface area (Å²) in [6, 6.07) is 11.2.